The molecule has 0 aliphatic carbocycles. The molecule has 1 aromatic rings. The van der Waals surface area contributed by atoms with Gasteiger partial charge >= 0.3 is 0 Å². The van der Waals surface area contributed by atoms with E-state index in [9.17, 15) is 8.60 Å². The molecular weight excluding hydrogens is 255 g/mol. The first kappa shape index (κ1) is 14.8. The highest BCUT2D eigenvalue weighted by Gasteiger charge is 2.10. The summed E-state index contributed by atoms with van der Waals surface area (Å²) in [6.07, 6.45) is 3.68. The Hall–Kier alpha value is -1.24. The fraction of sp³-hybridized carbons (Fsp3) is 0.636. The van der Waals surface area contributed by atoms with Crippen molar-refractivity contribution in [1.29, 1.82) is 0 Å². The van der Waals surface area contributed by atoms with Crippen LogP contribution in [0, 0.1) is 5.82 Å². The van der Waals surface area contributed by atoms with Gasteiger partial charge in [-0.15, -0.1) is 0 Å². The second-order valence-corrected chi connectivity index (χ2v) is 5.58. The highest BCUT2D eigenvalue weighted by Crippen LogP contribution is 2.13. The molecule has 2 unspecified atom stereocenters. The molecule has 0 amide bonds. The Morgan fingerprint density at radius 2 is 2.28 bits per heavy atom. The van der Waals surface area contributed by atoms with Gasteiger partial charge in [0.2, 0.25) is 5.95 Å². The highest BCUT2D eigenvalue weighted by atomic mass is 32.2. The molecule has 0 saturated carbocycles. The smallest absolute Gasteiger partial charge is 0.224 e. The first-order chi connectivity index (χ1) is 8.52. The van der Waals surface area contributed by atoms with Gasteiger partial charge in [-0.2, -0.15) is 4.98 Å². The molecule has 0 aromatic carbocycles. The van der Waals surface area contributed by atoms with E-state index in [4.69, 9.17) is 0 Å². The maximum absolute atomic E-state index is 13.5. The third kappa shape index (κ3) is 4.95. The van der Waals surface area contributed by atoms with Crippen molar-refractivity contribution in [3.05, 3.63) is 12.0 Å². The van der Waals surface area contributed by atoms with Gasteiger partial charge in [0.1, 0.15) is 0 Å². The number of hydrogen-bond donors (Lipinski definition) is 2. The molecule has 2 atom stereocenters. The molecule has 1 rings (SSSR count). The summed E-state index contributed by atoms with van der Waals surface area (Å²) in [7, 11) is -0.930. The van der Waals surface area contributed by atoms with Gasteiger partial charge in [-0.05, 0) is 13.3 Å². The molecule has 2 N–H and O–H groups in total. The summed E-state index contributed by atoms with van der Waals surface area (Å²) in [5.41, 5.74) is 0. The third-order valence-electron chi connectivity index (χ3n) is 2.15. The molecule has 1 aromatic heterocycles. The van der Waals surface area contributed by atoms with Gasteiger partial charge in [-0.3, -0.25) is 4.21 Å². The van der Waals surface area contributed by atoms with Gasteiger partial charge in [0.05, 0.1) is 6.20 Å². The van der Waals surface area contributed by atoms with Crippen molar-refractivity contribution < 1.29 is 8.60 Å². The average Bonchev–Trinajstić information content (AvgIpc) is 2.29. The van der Waals surface area contributed by atoms with Crippen LogP contribution in [0.15, 0.2) is 6.20 Å². The summed E-state index contributed by atoms with van der Waals surface area (Å²) in [5, 5.41) is 5.89. The molecule has 0 saturated heterocycles. The van der Waals surface area contributed by atoms with E-state index in [1.807, 2.05) is 13.8 Å². The number of nitrogens with zero attached hydrogens (tertiary/aromatic N) is 2. The van der Waals surface area contributed by atoms with Crippen molar-refractivity contribution in [2.24, 2.45) is 0 Å². The first-order valence-electron chi connectivity index (χ1n) is 5.86. The van der Waals surface area contributed by atoms with Crippen LogP contribution in [0.4, 0.5) is 16.2 Å². The minimum atomic E-state index is -0.930. The second-order valence-electron chi connectivity index (χ2n) is 4.10. The summed E-state index contributed by atoms with van der Waals surface area (Å²) in [6.45, 7) is 4.59. The number of aromatic nitrogens is 2. The monoisotopic (exact) mass is 274 g/mol. The lowest BCUT2D eigenvalue weighted by atomic mass is 10.4. The number of halogens is 1. The lowest BCUT2D eigenvalue weighted by molar-refractivity contribution is 0.614. The Kier molecular flexibility index (Phi) is 5.97. The van der Waals surface area contributed by atoms with Gasteiger partial charge < -0.3 is 10.6 Å². The molecule has 102 valence electrons. The van der Waals surface area contributed by atoms with E-state index in [0.717, 1.165) is 19.2 Å². The topological polar surface area (TPSA) is 66.9 Å². The maximum Gasteiger partial charge on any atom is 0.224 e. The van der Waals surface area contributed by atoms with Crippen LogP contribution in [0.1, 0.15) is 20.3 Å². The van der Waals surface area contributed by atoms with Crippen LogP contribution >= 0.6 is 0 Å². The Morgan fingerprint density at radius 3 is 2.89 bits per heavy atom. The summed E-state index contributed by atoms with van der Waals surface area (Å²) in [6, 6.07) is -0.112. The van der Waals surface area contributed by atoms with Gasteiger partial charge in [-0.1, -0.05) is 6.92 Å². The molecule has 0 radical (unpaired) electrons. The average molecular weight is 274 g/mol. The van der Waals surface area contributed by atoms with Crippen LogP contribution in [-0.2, 0) is 10.8 Å². The molecule has 0 aliphatic rings. The van der Waals surface area contributed by atoms with Crippen LogP contribution in [-0.4, -0.2) is 38.8 Å². The van der Waals surface area contributed by atoms with Crippen LogP contribution in [0.5, 0.6) is 0 Å². The van der Waals surface area contributed by atoms with Crippen LogP contribution in [0.25, 0.3) is 0 Å². The predicted molar refractivity (Wildman–Crippen MR) is 72.8 cm³/mol. The van der Waals surface area contributed by atoms with Crippen molar-refractivity contribution in [3.8, 4) is 0 Å². The van der Waals surface area contributed by atoms with Crippen molar-refractivity contribution in [2.45, 2.75) is 26.3 Å². The zero-order valence-electron chi connectivity index (χ0n) is 10.9. The largest absolute Gasteiger partial charge is 0.364 e. The van der Waals surface area contributed by atoms with E-state index in [0.29, 0.717) is 11.7 Å². The molecule has 0 bridgehead atoms. The Balaban J connectivity index is 2.71. The van der Waals surface area contributed by atoms with Gasteiger partial charge in [0.25, 0.3) is 0 Å². The van der Waals surface area contributed by atoms with Crippen LogP contribution in [0.2, 0.25) is 0 Å². The van der Waals surface area contributed by atoms with E-state index >= 15 is 0 Å². The third-order valence-corrected chi connectivity index (χ3v) is 3.11. The van der Waals surface area contributed by atoms with Gasteiger partial charge in [0, 0.05) is 35.4 Å². The van der Waals surface area contributed by atoms with Crippen molar-refractivity contribution in [3.63, 3.8) is 0 Å². The Labute approximate surface area is 109 Å². The Bertz CT molecular complexity index is 416. The molecule has 0 fully saturated rings. The van der Waals surface area contributed by atoms with Crippen LogP contribution in [0.3, 0.4) is 0 Å². The quantitative estimate of drug-likeness (QED) is 0.791. The minimum absolute atomic E-state index is 0.112. The molecular formula is C11H19FN4OS. The Morgan fingerprint density at radius 1 is 1.56 bits per heavy atom. The second kappa shape index (κ2) is 7.25. The molecule has 7 heteroatoms. The van der Waals surface area contributed by atoms with Crippen LogP contribution < -0.4 is 10.6 Å². The van der Waals surface area contributed by atoms with E-state index in [1.165, 1.54) is 0 Å². The van der Waals surface area contributed by atoms with Crippen molar-refractivity contribution in [1.82, 2.24) is 9.97 Å². The number of hydrogen-bond acceptors (Lipinski definition) is 5. The number of rotatable bonds is 7. The van der Waals surface area contributed by atoms with Gasteiger partial charge in [0.15, 0.2) is 11.6 Å². The number of anilines is 2. The molecule has 0 spiro atoms. The van der Waals surface area contributed by atoms with Crippen molar-refractivity contribution in [2.75, 3.05) is 29.2 Å². The molecule has 5 nitrogen and oxygen atoms in total. The normalized spacial score (nSPS) is 14.0. The predicted octanol–water partition coefficient (Wildman–Crippen LogP) is 1.62. The zero-order valence-corrected chi connectivity index (χ0v) is 11.7. The SMILES string of the molecule is CCCNc1ncc(F)c(NC(C)CS(C)=O)n1. The summed E-state index contributed by atoms with van der Waals surface area (Å²) in [4.78, 5) is 7.90. The fourth-order valence-electron chi connectivity index (χ4n) is 1.42. The molecule has 18 heavy (non-hydrogen) atoms. The lowest BCUT2D eigenvalue weighted by Crippen LogP contribution is -2.24. The minimum Gasteiger partial charge on any atom is -0.364 e. The van der Waals surface area contributed by atoms with E-state index < -0.39 is 16.6 Å². The lowest BCUT2D eigenvalue weighted by Gasteiger charge is -2.14. The molecule has 0 aliphatic heterocycles. The van der Waals surface area contributed by atoms with E-state index in [-0.39, 0.29) is 11.9 Å². The fourth-order valence-corrected chi connectivity index (χ4v) is 2.20. The first-order valence-corrected chi connectivity index (χ1v) is 7.58. The maximum atomic E-state index is 13.5. The van der Waals surface area contributed by atoms with Crippen molar-refractivity contribution >= 4 is 22.6 Å². The van der Waals surface area contributed by atoms with E-state index in [2.05, 4.69) is 20.6 Å². The summed E-state index contributed by atoms with van der Waals surface area (Å²) < 4.78 is 24.6. The van der Waals surface area contributed by atoms with Gasteiger partial charge in [-0.25, -0.2) is 9.37 Å². The summed E-state index contributed by atoms with van der Waals surface area (Å²) >= 11 is 0. The standard InChI is InChI=1S/C11H19FN4OS/c1-4-5-13-11-14-6-9(12)10(16-11)15-8(2)7-18(3)17/h6,8H,4-5,7H2,1-3H3,(H2,13,14,15,16). The number of nitrogens with one attached hydrogen (secondary N) is 2. The highest BCUT2D eigenvalue weighted by molar-refractivity contribution is 7.84. The molecule has 1 heterocycles. The summed E-state index contributed by atoms with van der Waals surface area (Å²) in [5.74, 6) is 0.471. The zero-order chi connectivity index (χ0) is 13.5. The van der Waals surface area contributed by atoms with E-state index in [1.54, 1.807) is 6.26 Å².